The van der Waals surface area contributed by atoms with Crippen LogP contribution < -0.4 is 10.6 Å². The fraction of sp³-hybridized carbons (Fsp3) is 0.308. The van der Waals surface area contributed by atoms with Gasteiger partial charge in [0.25, 0.3) is 0 Å². The van der Waals surface area contributed by atoms with E-state index >= 15 is 0 Å². The van der Waals surface area contributed by atoms with Gasteiger partial charge in [0, 0.05) is 10.9 Å². The van der Waals surface area contributed by atoms with Gasteiger partial charge in [-0.1, -0.05) is 11.6 Å². The van der Waals surface area contributed by atoms with Crippen molar-refractivity contribution < 1.29 is 4.79 Å². The molecule has 0 aromatic carbocycles. The van der Waals surface area contributed by atoms with Gasteiger partial charge in [0.15, 0.2) is 0 Å². The first-order valence-electron chi connectivity index (χ1n) is 5.93. The van der Waals surface area contributed by atoms with E-state index in [1.54, 1.807) is 11.3 Å². The summed E-state index contributed by atoms with van der Waals surface area (Å²) in [5.74, 6) is 0. The summed E-state index contributed by atoms with van der Waals surface area (Å²) in [6, 6.07) is 5.80. The van der Waals surface area contributed by atoms with Crippen LogP contribution in [0.5, 0.6) is 0 Å². The van der Waals surface area contributed by atoms with E-state index < -0.39 is 0 Å². The van der Waals surface area contributed by atoms with Crippen LogP contribution in [0.2, 0.25) is 4.34 Å². The van der Waals surface area contributed by atoms with Crippen molar-refractivity contribution >= 4 is 40.3 Å². The van der Waals surface area contributed by atoms with Gasteiger partial charge >= 0.3 is 6.03 Å². The maximum Gasteiger partial charge on any atom is 0.315 e. The Morgan fingerprint density at radius 3 is 2.89 bits per heavy atom. The third-order valence-corrected chi connectivity index (χ3v) is 4.51. The van der Waals surface area contributed by atoms with Gasteiger partial charge in [0.05, 0.1) is 10.9 Å². The van der Waals surface area contributed by atoms with Crippen LogP contribution in [-0.4, -0.2) is 12.1 Å². The first-order valence-corrected chi connectivity index (χ1v) is 8.07. The highest BCUT2D eigenvalue weighted by molar-refractivity contribution is 7.16. The lowest BCUT2D eigenvalue weighted by atomic mass is 10.1. The van der Waals surface area contributed by atoms with Crippen molar-refractivity contribution in [1.29, 1.82) is 0 Å². The van der Waals surface area contributed by atoms with Gasteiger partial charge in [-0.2, -0.15) is 11.3 Å². The molecule has 19 heavy (non-hydrogen) atoms. The lowest BCUT2D eigenvalue weighted by Gasteiger charge is -2.13. The highest BCUT2D eigenvalue weighted by atomic mass is 35.5. The lowest BCUT2D eigenvalue weighted by Crippen LogP contribution is -2.41. The topological polar surface area (TPSA) is 41.1 Å². The minimum Gasteiger partial charge on any atom is -0.335 e. The Bertz CT molecular complexity index is 524. The zero-order valence-electron chi connectivity index (χ0n) is 10.5. The predicted molar refractivity (Wildman–Crippen MR) is 82.2 cm³/mol. The van der Waals surface area contributed by atoms with Crippen molar-refractivity contribution in [2.24, 2.45) is 0 Å². The van der Waals surface area contributed by atoms with E-state index in [1.807, 2.05) is 24.4 Å². The molecule has 0 radical (unpaired) electrons. The van der Waals surface area contributed by atoms with Crippen molar-refractivity contribution in [3.05, 3.63) is 43.7 Å². The van der Waals surface area contributed by atoms with Crippen LogP contribution in [-0.2, 0) is 13.0 Å². The number of nitrogens with one attached hydrogen (secondary N) is 2. The molecule has 2 heterocycles. The van der Waals surface area contributed by atoms with Gasteiger partial charge in [0.2, 0.25) is 0 Å². The number of carbonyl (C=O) groups excluding carboxylic acids is 1. The fourth-order valence-corrected chi connectivity index (χ4v) is 3.41. The highest BCUT2D eigenvalue weighted by Gasteiger charge is 2.08. The van der Waals surface area contributed by atoms with Gasteiger partial charge < -0.3 is 10.6 Å². The first-order chi connectivity index (χ1) is 9.13. The maximum atomic E-state index is 11.7. The van der Waals surface area contributed by atoms with Gasteiger partial charge in [-0.25, -0.2) is 4.79 Å². The molecule has 3 nitrogen and oxygen atoms in total. The zero-order chi connectivity index (χ0) is 13.7. The highest BCUT2D eigenvalue weighted by Crippen LogP contribution is 2.20. The second kappa shape index (κ2) is 6.93. The SMILES string of the molecule is CC(Cc1ccsc1)NC(=O)NCc1ccc(Cl)s1. The summed E-state index contributed by atoms with van der Waals surface area (Å²) >= 11 is 8.98. The second-order valence-corrected chi connectivity index (χ2v) is 6.85. The molecule has 0 aliphatic heterocycles. The molecule has 0 spiro atoms. The van der Waals surface area contributed by atoms with E-state index in [-0.39, 0.29) is 12.1 Å². The average Bonchev–Trinajstić information content (AvgIpc) is 2.98. The number of thiophene rings is 2. The second-order valence-electron chi connectivity index (χ2n) is 4.27. The summed E-state index contributed by atoms with van der Waals surface area (Å²) in [4.78, 5) is 12.8. The number of halogens is 1. The molecular formula is C13H15ClN2OS2. The molecule has 2 N–H and O–H groups in total. The molecule has 0 saturated heterocycles. The lowest BCUT2D eigenvalue weighted by molar-refractivity contribution is 0.237. The van der Waals surface area contributed by atoms with Crippen molar-refractivity contribution in [2.45, 2.75) is 25.9 Å². The Hall–Kier alpha value is -1.04. The standard InChI is InChI=1S/C13H15ClN2OS2/c1-9(6-10-4-5-18-8-10)16-13(17)15-7-11-2-3-12(14)19-11/h2-5,8-9H,6-7H2,1H3,(H2,15,16,17). The van der Waals surface area contributed by atoms with Crippen LogP contribution in [0.25, 0.3) is 0 Å². The van der Waals surface area contributed by atoms with Crippen molar-refractivity contribution in [2.75, 3.05) is 0 Å². The van der Waals surface area contributed by atoms with E-state index in [0.717, 1.165) is 15.6 Å². The van der Waals surface area contributed by atoms with E-state index in [0.29, 0.717) is 6.54 Å². The van der Waals surface area contributed by atoms with E-state index in [2.05, 4.69) is 22.1 Å². The molecule has 0 bridgehead atoms. The number of hydrogen-bond donors (Lipinski definition) is 2. The monoisotopic (exact) mass is 314 g/mol. The van der Waals surface area contributed by atoms with Crippen molar-refractivity contribution in [3.63, 3.8) is 0 Å². The third-order valence-electron chi connectivity index (χ3n) is 2.55. The molecule has 1 atom stereocenters. The Labute approximate surface area is 125 Å². The summed E-state index contributed by atoms with van der Waals surface area (Å²) in [7, 11) is 0. The predicted octanol–water partition coefficient (Wildman–Crippen LogP) is 3.89. The Morgan fingerprint density at radius 1 is 1.42 bits per heavy atom. The molecule has 102 valence electrons. The molecule has 1 unspecified atom stereocenters. The molecular weight excluding hydrogens is 300 g/mol. The van der Waals surface area contributed by atoms with Gasteiger partial charge in [-0.15, -0.1) is 11.3 Å². The maximum absolute atomic E-state index is 11.7. The molecule has 0 aliphatic rings. The number of urea groups is 1. The molecule has 0 aliphatic carbocycles. The van der Waals surface area contributed by atoms with E-state index in [4.69, 9.17) is 11.6 Å². The minimum atomic E-state index is -0.146. The number of carbonyl (C=O) groups is 1. The van der Waals surface area contributed by atoms with Crippen LogP contribution in [0.1, 0.15) is 17.4 Å². The smallest absolute Gasteiger partial charge is 0.315 e. The number of amides is 2. The minimum absolute atomic E-state index is 0.113. The summed E-state index contributed by atoms with van der Waals surface area (Å²) in [5, 5.41) is 9.89. The Balaban J connectivity index is 1.71. The van der Waals surface area contributed by atoms with Gasteiger partial charge in [0.1, 0.15) is 0 Å². The summed E-state index contributed by atoms with van der Waals surface area (Å²) in [6.45, 7) is 2.51. The van der Waals surface area contributed by atoms with Crippen LogP contribution >= 0.6 is 34.3 Å². The number of hydrogen-bond acceptors (Lipinski definition) is 3. The van der Waals surface area contributed by atoms with Crippen LogP contribution in [0, 0.1) is 0 Å². The summed E-state index contributed by atoms with van der Waals surface area (Å²) in [6.07, 6.45) is 0.849. The summed E-state index contributed by atoms with van der Waals surface area (Å²) < 4.78 is 0.739. The van der Waals surface area contributed by atoms with Crippen molar-refractivity contribution in [3.8, 4) is 0 Å². The fourth-order valence-electron chi connectivity index (χ4n) is 1.70. The van der Waals surface area contributed by atoms with Gasteiger partial charge in [-0.05, 0) is 47.9 Å². The summed E-state index contributed by atoms with van der Waals surface area (Å²) in [5.41, 5.74) is 1.25. The average molecular weight is 315 g/mol. The van der Waals surface area contributed by atoms with Crippen LogP contribution in [0.4, 0.5) is 4.79 Å². The van der Waals surface area contributed by atoms with Crippen LogP contribution in [0.3, 0.4) is 0 Å². The molecule has 6 heteroatoms. The number of rotatable bonds is 5. The largest absolute Gasteiger partial charge is 0.335 e. The quantitative estimate of drug-likeness (QED) is 0.863. The molecule has 0 saturated carbocycles. The van der Waals surface area contributed by atoms with Crippen LogP contribution in [0.15, 0.2) is 29.0 Å². The van der Waals surface area contributed by atoms with E-state index in [1.165, 1.54) is 16.9 Å². The Kier molecular flexibility index (Phi) is 5.24. The van der Waals surface area contributed by atoms with Crippen molar-refractivity contribution in [1.82, 2.24) is 10.6 Å². The van der Waals surface area contributed by atoms with E-state index in [9.17, 15) is 4.79 Å². The molecule has 2 aromatic heterocycles. The third kappa shape index (κ3) is 4.86. The molecule has 2 amide bonds. The Morgan fingerprint density at radius 2 is 2.26 bits per heavy atom. The molecule has 2 aromatic rings. The first kappa shape index (κ1) is 14.4. The van der Waals surface area contributed by atoms with Gasteiger partial charge in [-0.3, -0.25) is 0 Å². The molecule has 2 rings (SSSR count). The molecule has 0 fully saturated rings. The zero-order valence-corrected chi connectivity index (χ0v) is 12.9. The normalized spacial score (nSPS) is 12.1.